The van der Waals surface area contributed by atoms with Crippen LogP contribution in [0.4, 0.5) is 5.69 Å². The zero-order valence-electron chi connectivity index (χ0n) is 13.2. The van der Waals surface area contributed by atoms with Gasteiger partial charge in [0.15, 0.2) is 0 Å². The van der Waals surface area contributed by atoms with Crippen LogP contribution in [0.2, 0.25) is 0 Å². The number of carbonyl (C=O) groups is 2. The average molecular weight is 333 g/mol. The second-order valence-electron chi connectivity index (χ2n) is 5.35. The summed E-state index contributed by atoms with van der Waals surface area (Å²) in [5.41, 5.74) is 7.85. The quantitative estimate of drug-likeness (QED) is 0.567. The Morgan fingerprint density at radius 3 is 2.32 bits per heavy atom. The number of hydrogen-bond acceptors (Lipinski definition) is 4. The van der Waals surface area contributed by atoms with E-state index in [1.807, 2.05) is 6.07 Å². The third kappa shape index (κ3) is 3.54. The number of pyridine rings is 1. The van der Waals surface area contributed by atoms with E-state index in [1.165, 1.54) is 6.20 Å². The van der Waals surface area contributed by atoms with Crippen molar-refractivity contribution >= 4 is 17.5 Å². The van der Waals surface area contributed by atoms with Gasteiger partial charge in [-0.3, -0.25) is 19.8 Å². The van der Waals surface area contributed by atoms with Crippen LogP contribution < -0.4 is 10.8 Å². The Bertz CT molecular complexity index is 909. The first-order chi connectivity index (χ1) is 12.1. The molecule has 3 N–H and O–H groups in total. The largest absolute Gasteiger partial charge is 0.366 e. The Morgan fingerprint density at radius 2 is 1.68 bits per heavy atom. The normalized spacial score (nSPS) is 10.3. The molecule has 0 aliphatic rings. The molecule has 0 fully saturated rings. The van der Waals surface area contributed by atoms with E-state index in [2.05, 4.69) is 4.98 Å². The van der Waals surface area contributed by atoms with Gasteiger partial charge in [0.25, 0.3) is 5.91 Å². The third-order valence-electron chi connectivity index (χ3n) is 3.70. The lowest BCUT2D eigenvalue weighted by Crippen LogP contribution is -2.27. The number of carbonyl (C=O) groups excluding carboxylic acids is 2. The molecule has 2 amide bonds. The number of hydrogen-bond donors (Lipinski definition) is 2. The van der Waals surface area contributed by atoms with Crippen molar-refractivity contribution in [1.82, 2.24) is 4.98 Å². The van der Waals surface area contributed by atoms with E-state index in [9.17, 15) is 14.8 Å². The highest BCUT2D eigenvalue weighted by atomic mass is 16.5. The molecular formula is C19H15N3O3. The second kappa shape index (κ2) is 6.94. The number of benzene rings is 2. The summed E-state index contributed by atoms with van der Waals surface area (Å²) < 4.78 is 0. The van der Waals surface area contributed by atoms with E-state index in [4.69, 9.17) is 5.73 Å². The van der Waals surface area contributed by atoms with Gasteiger partial charge in [0.2, 0.25) is 5.91 Å². The number of nitrogens with two attached hydrogens (primary N) is 1. The first kappa shape index (κ1) is 16.4. The standard InChI is InChI=1S/C19H15N3O3/c20-18(23)14-8-6-13(7-9-14)15-3-1-4-16(11-15)19(24)22(25)17-5-2-10-21-12-17/h1-12,25H,(H2,20,23). The fourth-order valence-corrected chi connectivity index (χ4v) is 2.38. The van der Waals surface area contributed by atoms with Crippen molar-refractivity contribution in [2.45, 2.75) is 0 Å². The van der Waals surface area contributed by atoms with Crippen molar-refractivity contribution in [3.63, 3.8) is 0 Å². The highest BCUT2D eigenvalue weighted by Gasteiger charge is 2.16. The van der Waals surface area contributed by atoms with Crippen molar-refractivity contribution in [1.29, 1.82) is 0 Å². The number of hydroxylamine groups is 1. The van der Waals surface area contributed by atoms with Crippen LogP contribution in [0, 0.1) is 0 Å². The molecule has 3 aromatic rings. The van der Waals surface area contributed by atoms with Crippen LogP contribution in [0.1, 0.15) is 20.7 Å². The Morgan fingerprint density at radius 1 is 0.920 bits per heavy atom. The fraction of sp³-hybridized carbons (Fsp3) is 0. The van der Waals surface area contributed by atoms with Gasteiger partial charge in [0.1, 0.15) is 0 Å². The van der Waals surface area contributed by atoms with Crippen LogP contribution in [-0.2, 0) is 0 Å². The number of rotatable bonds is 4. The minimum absolute atomic E-state index is 0.281. The molecule has 1 aromatic heterocycles. The van der Waals surface area contributed by atoms with Crippen molar-refractivity contribution < 1.29 is 14.8 Å². The van der Waals surface area contributed by atoms with Gasteiger partial charge in [-0.15, -0.1) is 0 Å². The number of nitrogens with zero attached hydrogens (tertiary/aromatic N) is 2. The molecule has 124 valence electrons. The Hall–Kier alpha value is -3.51. The molecule has 3 rings (SSSR count). The van der Waals surface area contributed by atoms with Crippen molar-refractivity contribution in [2.24, 2.45) is 5.73 Å². The van der Waals surface area contributed by atoms with E-state index < -0.39 is 11.8 Å². The predicted molar refractivity (Wildman–Crippen MR) is 93.2 cm³/mol. The van der Waals surface area contributed by atoms with Crippen LogP contribution in [0.5, 0.6) is 0 Å². The average Bonchev–Trinajstić information content (AvgIpc) is 2.67. The third-order valence-corrected chi connectivity index (χ3v) is 3.70. The second-order valence-corrected chi connectivity index (χ2v) is 5.35. The summed E-state index contributed by atoms with van der Waals surface area (Å²) in [5, 5.41) is 10.7. The van der Waals surface area contributed by atoms with Crippen LogP contribution in [0.15, 0.2) is 73.1 Å². The molecule has 0 aliphatic heterocycles. The molecule has 0 aliphatic carbocycles. The predicted octanol–water partition coefficient (Wildman–Crippen LogP) is 2.88. The Balaban J connectivity index is 1.88. The Labute approximate surface area is 144 Å². The summed E-state index contributed by atoms with van der Waals surface area (Å²) >= 11 is 0. The van der Waals surface area contributed by atoms with Crippen molar-refractivity contribution in [3.8, 4) is 11.1 Å². The van der Waals surface area contributed by atoms with Crippen molar-refractivity contribution in [2.75, 3.05) is 5.06 Å². The summed E-state index contributed by atoms with van der Waals surface area (Å²) in [6.07, 6.45) is 2.95. The molecule has 0 unspecified atom stereocenters. The molecule has 0 saturated heterocycles. The van der Waals surface area contributed by atoms with Crippen molar-refractivity contribution in [3.05, 3.63) is 84.2 Å². The van der Waals surface area contributed by atoms with Gasteiger partial charge in [0, 0.05) is 17.3 Å². The molecule has 6 nitrogen and oxygen atoms in total. The maximum atomic E-state index is 12.5. The van der Waals surface area contributed by atoms with E-state index in [0.717, 1.165) is 11.1 Å². The number of primary amides is 1. The molecule has 25 heavy (non-hydrogen) atoms. The highest BCUT2D eigenvalue weighted by molar-refractivity contribution is 6.05. The maximum absolute atomic E-state index is 12.5. The molecular weight excluding hydrogens is 318 g/mol. The zero-order valence-corrected chi connectivity index (χ0v) is 13.2. The van der Waals surface area contributed by atoms with E-state index in [1.54, 1.807) is 60.8 Å². The minimum atomic E-state index is -0.566. The minimum Gasteiger partial charge on any atom is -0.366 e. The Kier molecular flexibility index (Phi) is 4.54. The topological polar surface area (TPSA) is 96.5 Å². The maximum Gasteiger partial charge on any atom is 0.282 e. The smallest absolute Gasteiger partial charge is 0.282 e. The first-order valence-corrected chi connectivity index (χ1v) is 7.50. The van der Waals surface area contributed by atoms with Gasteiger partial charge in [-0.1, -0.05) is 24.3 Å². The lowest BCUT2D eigenvalue weighted by Gasteiger charge is -2.15. The van der Waals surface area contributed by atoms with Crippen LogP contribution in [0.3, 0.4) is 0 Å². The van der Waals surface area contributed by atoms with Crippen LogP contribution >= 0.6 is 0 Å². The monoisotopic (exact) mass is 333 g/mol. The summed E-state index contributed by atoms with van der Waals surface area (Å²) in [5.74, 6) is -1.06. The van der Waals surface area contributed by atoms with Gasteiger partial charge in [-0.2, -0.15) is 5.06 Å². The van der Waals surface area contributed by atoms with Crippen LogP contribution in [-0.4, -0.2) is 22.0 Å². The molecule has 0 bridgehead atoms. The molecule has 6 heteroatoms. The van der Waals surface area contributed by atoms with Gasteiger partial charge >= 0.3 is 0 Å². The molecule has 0 spiro atoms. The number of amides is 2. The molecule has 0 saturated carbocycles. The van der Waals surface area contributed by atoms with Gasteiger partial charge in [-0.05, 0) is 47.5 Å². The SMILES string of the molecule is NC(=O)c1ccc(-c2cccc(C(=O)N(O)c3cccnc3)c2)cc1. The highest BCUT2D eigenvalue weighted by Crippen LogP contribution is 2.22. The van der Waals surface area contributed by atoms with Gasteiger partial charge in [0.05, 0.1) is 11.9 Å². The summed E-state index contributed by atoms with van der Waals surface area (Å²) in [7, 11) is 0. The van der Waals surface area contributed by atoms with Crippen LogP contribution in [0.25, 0.3) is 11.1 Å². The number of anilines is 1. The van der Waals surface area contributed by atoms with Gasteiger partial charge < -0.3 is 5.73 Å². The fourth-order valence-electron chi connectivity index (χ4n) is 2.38. The molecule has 2 aromatic carbocycles. The lowest BCUT2D eigenvalue weighted by atomic mass is 10.0. The van der Waals surface area contributed by atoms with E-state index >= 15 is 0 Å². The summed E-state index contributed by atoms with van der Waals surface area (Å²) in [4.78, 5) is 27.5. The van der Waals surface area contributed by atoms with E-state index in [-0.39, 0.29) is 5.69 Å². The summed E-state index contributed by atoms with van der Waals surface area (Å²) in [6.45, 7) is 0. The van der Waals surface area contributed by atoms with Gasteiger partial charge in [-0.25, -0.2) is 0 Å². The number of aromatic nitrogens is 1. The molecule has 0 radical (unpaired) electrons. The molecule has 0 atom stereocenters. The zero-order chi connectivity index (χ0) is 17.8. The first-order valence-electron chi connectivity index (χ1n) is 7.50. The lowest BCUT2D eigenvalue weighted by molar-refractivity contribution is 0.0854. The summed E-state index contributed by atoms with van der Waals surface area (Å²) in [6, 6.07) is 16.8. The van der Waals surface area contributed by atoms with E-state index in [0.29, 0.717) is 16.2 Å². The molecule has 1 heterocycles.